The minimum Gasteiger partial charge on any atom is -0.497 e. The lowest BCUT2D eigenvalue weighted by molar-refractivity contribution is 0.0217. The molecular formula is C13H19NO3. The summed E-state index contributed by atoms with van der Waals surface area (Å²) >= 11 is 0. The normalized spacial score (nSPS) is 24.4. The summed E-state index contributed by atoms with van der Waals surface area (Å²) in [7, 11) is 1.64. The molecule has 1 aliphatic heterocycles. The van der Waals surface area contributed by atoms with Gasteiger partial charge >= 0.3 is 0 Å². The van der Waals surface area contributed by atoms with Gasteiger partial charge in [0, 0.05) is 18.4 Å². The number of methoxy groups -OCH3 is 1. The molecule has 0 saturated carbocycles. The van der Waals surface area contributed by atoms with Gasteiger partial charge in [-0.15, -0.1) is 0 Å². The second-order valence-corrected chi connectivity index (χ2v) is 4.45. The van der Waals surface area contributed by atoms with Crippen molar-refractivity contribution in [2.75, 3.05) is 32.2 Å². The first-order chi connectivity index (χ1) is 8.28. The minimum absolute atomic E-state index is 0.0736. The van der Waals surface area contributed by atoms with E-state index >= 15 is 0 Å². The van der Waals surface area contributed by atoms with E-state index in [1.54, 1.807) is 7.11 Å². The first-order valence-electron chi connectivity index (χ1n) is 5.89. The topological polar surface area (TPSA) is 50.7 Å². The van der Waals surface area contributed by atoms with Crippen LogP contribution in [0, 0.1) is 0 Å². The van der Waals surface area contributed by atoms with Crippen LogP contribution in [0.4, 0.5) is 5.69 Å². The third-order valence-electron chi connectivity index (χ3n) is 3.10. The quantitative estimate of drug-likeness (QED) is 0.836. The average Bonchev–Trinajstić information content (AvgIpc) is 2.40. The molecule has 1 heterocycles. The molecule has 0 aromatic heterocycles. The molecule has 0 amide bonds. The van der Waals surface area contributed by atoms with Gasteiger partial charge in [0.15, 0.2) is 0 Å². The Balaban J connectivity index is 2.11. The Morgan fingerprint density at radius 1 is 1.53 bits per heavy atom. The lowest BCUT2D eigenvalue weighted by Gasteiger charge is -2.37. The number of rotatable bonds is 4. The van der Waals surface area contributed by atoms with Gasteiger partial charge < -0.3 is 19.9 Å². The van der Waals surface area contributed by atoms with Gasteiger partial charge in [0.25, 0.3) is 0 Å². The standard InChI is InChI=1S/C13H19NO3/c1-16-12-5-2-4-11(8-12)14-13(9-15)6-3-7-17-10-13/h2,4-5,8,14-15H,3,6-7,9-10H2,1H3. The lowest BCUT2D eigenvalue weighted by atomic mass is 9.93. The smallest absolute Gasteiger partial charge is 0.120 e. The molecule has 4 heteroatoms. The van der Waals surface area contributed by atoms with Crippen molar-refractivity contribution < 1.29 is 14.6 Å². The van der Waals surface area contributed by atoms with Crippen molar-refractivity contribution in [1.29, 1.82) is 0 Å². The number of ether oxygens (including phenoxy) is 2. The second-order valence-electron chi connectivity index (χ2n) is 4.45. The molecule has 1 fully saturated rings. The Morgan fingerprint density at radius 3 is 3.06 bits per heavy atom. The van der Waals surface area contributed by atoms with Crippen LogP contribution in [-0.2, 0) is 4.74 Å². The molecule has 1 aromatic carbocycles. The summed E-state index contributed by atoms with van der Waals surface area (Å²) in [5.74, 6) is 0.805. The van der Waals surface area contributed by atoms with Crippen molar-refractivity contribution in [2.45, 2.75) is 18.4 Å². The number of aliphatic hydroxyl groups is 1. The maximum atomic E-state index is 9.56. The molecule has 1 unspecified atom stereocenters. The Hall–Kier alpha value is -1.26. The maximum Gasteiger partial charge on any atom is 0.120 e. The van der Waals surface area contributed by atoms with Crippen molar-refractivity contribution in [3.63, 3.8) is 0 Å². The van der Waals surface area contributed by atoms with Crippen LogP contribution in [0.1, 0.15) is 12.8 Å². The molecule has 94 valence electrons. The molecule has 1 aliphatic rings. The Morgan fingerprint density at radius 2 is 2.41 bits per heavy atom. The van der Waals surface area contributed by atoms with Crippen LogP contribution in [-0.4, -0.2) is 37.6 Å². The monoisotopic (exact) mass is 237 g/mol. The second kappa shape index (κ2) is 5.38. The zero-order valence-electron chi connectivity index (χ0n) is 10.1. The first kappa shape index (κ1) is 12.2. The molecule has 0 radical (unpaired) electrons. The fourth-order valence-electron chi connectivity index (χ4n) is 2.12. The van der Waals surface area contributed by atoms with E-state index in [9.17, 15) is 5.11 Å². The van der Waals surface area contributed by atoms with Crippen LogP contribution in [0.2, 0.25) is 0 Å². The van der Waals surface area contributed by atoms with E-state index in [2.05, 4.69) is 5.32 Å². The molecule has 0 bridgehead atoms. The molecule has 1 atom stereocenters. The summed E-state index contributed by atoms with van der Waals surface area (Å²) in [6.45, 7) is 1.40. The molecule has 2 N–H and O–H groups in total. The Labute approximate surface area is 102 Å². The van der Waals surface area contributed by atoms with Gasteiger partial charge in [-0.2, -0.15) is 0 Å². The maximum absolute atomic E-state index is 9.56. The van der Waals surface area contributed by atoms with Crippen molar-refractivity contribution in [3.8, 4) is 5.75 Å². The number of benzene rings is 1. The number of anilines is 1. The van der Waals surface area contributed by atoms with Gasteiger partial charge in [-0.25, -0.2) is 0 Å². The van der Waals surface area contributed by atoms with Crippen LogP contribution in [0.25, 0.3) is 0 Å². The van der Waals surface area contributed by atoms with E-state index in [-0.39, 0.29) is 12.1 Å². The van der Waals surface area contributed by atoms with Gasteiger partial charge in [0.05, 0.1) is 25.9 Å². The van der Waals surface area contributed by atoms with Crippen molar-refractivity contribution >= 4 is 5.69 Å². The largest absolute Gasteiger partial charge is 0.497 e. The third kappa shape index (κ3) is 2.90. The van der Waals surface area contributed by atoms with Crippen molar-refractivity contribution in [1.82, 2.24) is 0 Å². The fourth-order valence-corrected chi connectivity index (χ4v) is 2.12. The third-order valence-corrected chi connectivity index (χ3v) is 3.10. The molecule has 1 aromatic rings. The zero-order valence-corrected chi connectivity index (χ0v) is 10.1. The lowest BCUT2D eigenvalue weighted by Crippen LogP contribution is -2.49. The zero-order chi connectivity index (χ0) is 12.1. The van der Waals surface area contributed by atoms with Crippen molar-refractivity contribution in [3.05, 3.63) is 24.3 Å². The number of aliphatic hydroxyl groups excluding tert-OH is 1. The van der Waals surface area contributed by atoms with Gasteiger partial charge in [0.1, 0.15) is 5.75 Å². The summed E-state index contributed by atoms with van der Waals surface area (Å²) in [6.07, 6.45) is 1.89. The first-order valence-corrected chi connectivity index (χ1v) is 5.89. The van der Waals surface area contributed by atoms with E-state index in [4.69, 9.17) is 9.47 Å². The summed E-state index contributed by atoms with van der Waals surface area (Å²) in [4.78, 5) is 0. The van der Waals surface area contributed by atoms with E-state index in [0.717, 1.165) is 30.9 Å². The predicted molar refractivity (Wildman–Crippen MR) is 66.5 cm³/mol. The molecule has 4 nitrogen and oxygen atoms in total. The fraction of sp³-hybridized carbons (Fsp3) is 0.538. The highest BCUT2D eigenvalue weighted by molar-refractivity contribution is 5.50. The number of hydrogen-bond donors (Lipinski definition) is 2. The number of hydrogen-bond acceptors (Lipinski definition) is 4. The highest BCUT2D eigenvalue weighted by Gasteiger charge is 2.32. The van der Waals surface area contributed by atoms with Crippen LogP contribution < -0.4 is 10.1 Å². The Bertz CT molecular complexity index is 361. The highest BCUT2D eigenvalue weighted by Crippen LogP contribution is 2.26. The molecule has 1 saturated heterocycles. The van der Waals surface area contributed by atoms with Crippen LogP contribution >= 0.6 is 0 Å². The molecule has 17 heavy (non-hydrogen) atoms. The van der Waals surface area contributed by atoms with Gasteiger partial charge in [-0.3, -0.25) is 0 Å². The SMILES string of the molecule is COc1cccc(NC2(CO)CCCOC2)c1. The van der Waals surface area contributed by atoms with Gasteiger partial charge in [0.2, 0.25) is 0 Å². The van der Waals surface area contributed by atoms with Crippen LogP contribution in [0.15, 0.2) is 24.3 Å². The van der Waals surface area contributed by atoms with E-state index in [1.807, 2.05) is 24.3 Å². The Kier molecular flexibility index (Phi) is 3.86. The van der Waals surface area contributed by atoms with E-state index in [1.165, 1.54) is 0 Å². The summed E-state index contributed by atoms with van der Waals surface area (Å²) in [5, 5.41) is 12.9. The average molecular weight is 237 g/mol. The van der Waals surface area contributed by atoms with Gasteiger partial charge in [-0.1, -0.05) is 6.07 Å². The van der Waals surface area contributed by atoms with E-state index in [0.29, 0.717) is 6.61 Å². The van der Waals surface area contributed by atoms with Crippen LogP contribution in [0.3, 0.4) is 0 Å². The van der Waals surface area contributed by atoms with Crippen LogP contribution in [0.5, 0.6) is 5.75 Å². The highest BCUT2D eigenvalue weighted by atomic mass is 16.5. The molecule has 0 spiro atoms. The summed E-state index contributed by atoms with van der Waals surface area (Å²) in [6, 6.07) is 7.71. The molecule has 0 aliphatic carbocycles. The predicted octanol–water partition coefficient (Wildman–Crippen LogP) is 1.65. The minimum atomic E-state index is -0.357. The summed E-state index contributed by atoms with van der Waals surface area (Å²) in [5.41, 5.74) is 0.592. The molecular weight excluding hydrogens is 218 g/mol. The molecule has 2 rings (SSSR count). The summed E-state index contributed by atoms with van der Waals surface area (Å²) < 4.78 is 10.6. The van der Waals surface area contributed by atoms with E-state index < -0.39 is 0 Å². The van der Waals surface area contributed by atoms with Crippen molar-refractivity contribution in [2.24, 2.45) is 0 Å². The number of nitrogens with one attached hydrogen (secondary N) is 1. The van der Waals surface area contributed by atoms with Gasteiger partial charge in [-0.05, 0) is 25.0 Å².